The number of carbonyl (C=O) groups is 1. The lowest BCUT2D eigenvalue weighted by Gasteiger charge is -2.25. The van der Waals surface area contributed by atoms with Gasteiger partial charge >= 0.3 is 0 Å². The molecule has 1 unspecified atom stereocenters. The van der Waals surface area contributed by atoms with Crippen molar-refractivity contribution in [3.8, 4) is 11.5 Å². The van der Waals surface area contributed by atoms with Gasteiger partial charge in [0.25, 0.3) is 0 Å². The van der Waals surface area contributed by atoms with Crippen molar-refractivity contribution in [1.82, 2.24) is 15.5 Å². The molecule has 0 saturated heterocycles. The number of aromatic nitrogens is 2. The minimum Gasteiger partial charge on any atom is -0.421 e. The van der Waals surface area contributed by atoms with E-state index in [1.54, 1.807) is 12.1 Å². The highest BCUT2D eigenvalue weighted by Gasteiger charge is 2.27. The van der Waals surface area contributed by atoms with Crippen LogP contribution < -0.4 is 5.32 Å². The summed E-state index contributed by atoms with van der Waals surface area (Å²) in [6.45, 7) is 2.02. The monoisotopic (exact) mass is 407 g/mol. The molecule has 0 aliphatic heterocycles. The van der Waals surface area contributed by atoms with Crippen LogP contribution in [0, 0.1) is 18.7 Å². The lowest BCUT2D eigenvalue weighted by atomic mass is 9.91. The van der Waals surface area contributed by atoms with Gasteiger partial charge in [0.2, 0.25) is 17.7 Å². The molecule has 1 aliphatic rings. The largest absolute Gasteiger partial charge is 0.421 e. The molecule has 1 aliphatic carbocycles. The molecule has 30 heavy (non-hydrogen) atoms. The van der Waals surface area contributed by atoms with Gasteiger partial charge in [0.05, 0.1) is 6.04 Å². The summed E-state index contributed by atoms with van der Waals surface area (Å²) in [4.78, 5) is 12.7. The number of nitrogens with one attached hydrogen (secondary N) is 1. The molecule has 1 saturated carbocycles. The van der Waals surface area contributed by atoms with Crippen LogP contribution in [0.1, 0.15) is 55.2 Å². The summed E-state index contributed by atoms with van der Waals surface area (Å²) in [6, 6.07) is 14.2. The molecule has 1 N–H and O–H groups in total. The molecule has 6 heteroatoms. The fourth-order valence-electron chi connectivity index (χ4n) is 4.07. The van der Waals surface area contributed by atoms with Crippen LogP contribution in [0.25, 0.3) is 11.5 Å². The molecule has 0 spiro atoms. The van der Waals surface area contributed by atoms with Gasteiger partial charge in [-0.2, -0.15) is 0 Å². The Bertz CT molecular complexity index is 976. The molecule has 5 nitrogen and oxygen atoms in total. The summed E-state index contributed by atoms with van der Waals surface area (Å²) in [5.74, 6) is 0.957. The Kier molecular flexibility index (Phi) is 6.21. The van der Waals surface area contributed by atoms with E-state index in [1.807, 2.05) is 31.2 Å². The van der Waals surface area contributed by atoms with Crippen LogP contribution >= 0.6 is 0 Å². The predicted molar refractivity (Wildman–Crippen MR) is 112 cm³/mol. The SMILES string of the molecule is Cc1ccc(-c2nnc(CCC(=O)NC(c3ccc(F)cc3)C3CCCC3)o2)cc1. The van der Waals surface area contributed by atoms with Gasteiger partial charge in [-0.05, 0) is 55.5 Å². The van der Waals surface area contributed by atoms with Gasteiger partial charge in [-0.25, -0.2) is 4.39 Å². The number of benzene rings is 2. The molecule has 1 amide bonds. The van der Waals surface area contributed by atoms with Gasteiger partial charge < -0.3 is 9.73 Å². The topological polar surface area (TPSA) is 68.0 Å². The molecule has 1 aromatic heterocycles. The molecule has 1 atom stereocenters. The maximum absolute atomic E-state index is 13.3. The number of amides is 1. The Morgan fingerprint density at radius 2 is 1.80 bits per heavy atom. The van der Waals surface area contributed by atoms with E-state index in [0.717, 1.165) is 29.5 Å². The van der Waals surface area contributed by atoms with Gasteiger partial charge in [0.1, 0.15) is 5.82 Å². The van der Waals surface area contributed by atoms with Crippen LogP contribution in [-0.4, -0.2) is 16.1 Å². The van der Waals surface area contributed by atoms with Crippen molar-refractivity contribution in [2.45, 2.75) is 51.5 Å². The van der Waals surface area contributed by atoms with Crippen molar-refractivity contribution in [2.24, 2.45) is 5.92 Å². The van der Waals surface area contributed by atoms with Crippen LogP contribution in [0.15, 0.2) is 52.9 Å². The van der Waals surface area contributed by atoms with E-state index < -0.39 is 0 Å². The Hall–Kier alpha value is -3.02. The van der Waals surface area contributed by atoms with Crippen molar-refractivity contribution in [1.29, 1.82) is 0 Å². The summed E-state index contributed by atoms with van der Waals surface area (Å²) in [7, 11) is 0. The average Bonchev–Trinajstić information content (AvgIpc) is 3.44. The number of nitrogens with zero attached hydrogens (tertiary/aromatic N) is 2. The lowest BCUT2D eigenvalue weighted by Crippen LogP contribution is -2.33. The third kappa shape index (κ3) is 4.93. The lowest BCUT2D eigenvalue weighted by molar-refractivity contribution is -0.122. The van der Waals surface area contributed by atoms with E-state index in [1.165, 1.54) is 25.0 Å². The van der Waals surface area contributed by atoms with Gasteiger partial charge in [-0.1, -0.05) is 42.7 Å². The van der Waals surface area contributed by atoms with Crippen molar-refractivity contribution < 1.29 is 13.6 Å². The van der Waals surface area contributed by atoms with E-state index >= 15 is 0 Å². The molecule has 3 aromatic rings. The van der Waals surface area contributed by atoms with Gasteiger partial charge in [-0.15, -0.1) is 10.2 Å². The Labute approximate surface area is 175 Å². The number of halogens is 1. The molecule has 156 valence electrons. The number of hydrogen-bond donors (Lipinski definition) is 1. The van der Waals surface area contributed by atoms with Crippen LogP contribution in [0.3, 0.4) is 0 Å². The zero-order chi connectivity index (χ0) is 20.9. The van der Waals surface area contributed by atoms with Crippen LogP contribution in [0.4, 0.5) is 4.39 Å². The highest BCUT2D eigenvalue weighted by atomic mass is 19.1. The number of hydrogen-bond acceptors (Lipinski definition) is 4. The zero-order valence-electron chi connectivity index (χ0n) is 17.1. The second-order valence-electron chi connectivity index (χ2n) is 8.01. The first-order valence-electron chi connectivity index (χ1n) is 10.5. The molecular weight excluding hydrogens is 381 g/mol. The van der Waals surface area contributed by atoms with Crippen molar-refractivity contribution in [3.63, 3.8) is 0 Å². The Balaban J connectivity index is 1.38. The smallest absolute Gasteiger partial charge is 0.247 e. The molecule has 1 fully saturated rings. The highest BCUT2D eigenvalue weighted by molar-refractivity contribution is 5.76. The second kappa shape index (κ2) is 9.20. The first kappa shape index (κ1) is 20.3. The van der Waals surface area contributed by atoms with Crippen molar-refractivity contribution in [3.05, 3.63) is 71.4 Å². The normalized spacial score (nSPS) is 15.3. The molecular formula is C24H26FN3O2. The fraction of sp³-hybridized carbons (Fsp3) is 0.375. The summed E-state index contributed by atoms with van der Waals surface area (Å²) in [6.07, 6.45) is 5.13. The van der Waals surface area contributed by atoms with Crippen LogP contribution in [0.5, 0.6) is 0 Å². The van der Waals surface area contributed by atoms with Crippen LogP contribution in [-0.2, 0) is 11.2 Å². The predicted octanol–water partition coefficient (Wildman–Crippen LogP) is 5.16. The number of carbonyl (C=O) groups excluding carboxylic acids is 1. The second-order valence-corrected chi connectivity index (χ2v) is 8.01. The molecule has 0 bridgehead atoms. The third-order valence-corrected chi connectivity index (χ3v) is 5.75. The first-order chi connectivity index (χ1) is 14.6. The summed E-state index contributed by atoms with van der Waals surface area (Å²) < 4.78 is 19.1. The van der Waals surface area contributed by atoms with E-state index in [0.29, 0.717) is 24.1 Å². The average molecular weight is 407 g/mol. The van der Waals surface area contributed by atoms with E-state index in [9.17, 15) is 9.18 Å². The molecule has 1 heterocycles. The molecule has 0 radical (unpaired) electrons. The minimum absolute atomic E-state index is 0.0636. The quantitative estimate of drug-likeness (QED) is 0.587. The summed E-state index contributed by atoms with van der Waals surface area (Å²) >= 11 is 0. The first-order valence-corrected chi connectivity index (χ1v) is 10.5. The molecule has 4 rings (SSSR count). The Morgan fingerprint density at radius 3 is 2.50 bits per heavy atom. The van der Waals surface area contributed by atoms with Crippen molar-refractivity contribution >= 4 is 5.91 Å². The molecule has 2 aromatic carbocycles. The Morgan fingerprint density at radius 1 is 1.10 bits per heavy atom. The summed E-state index contributed by atoms with van der Waals surface area (Å²) in [5.41, 5.74) is 2.98. The highest BCUT2D eigenvalue weighted by Crippen LogP contribution is 2.36. The zero-order valence-corrected chi connectivity index (χ0v) is 17.1. The number of rotatable bonds is 7. The maximum atomic E-state index is 13.3. The number of aryl methyl sites for hydroxylation is 2. The van der Waals surface area contributed by atoms with Crippen molar-refractivity contribution in [2.75, 3.05) is 0 Å². The van der Waals surface area contributed by atoms with Gasteiger partial charge in [0, 0.05) is 18.4 Å². The van der Waals surface area contributed by atoms with E-state index in [2.05, 4.69) is 15.5 Å². The fourth-order valence-corrected chi connectivity index (χ4v) is 4.07. The van der Waals surface area contributed by atoms with Gasteiger partial charge in [-0.3, -0.25) is 4.79 Å². The maximum Gasteiger partial charge on any atom is 0.247 e. The minimum atomic E-state index is -0.268. The standard InChI is InChI=1S/C24H26FN3O2/c1-16-6-8-19(9-7-16)24-28-27-22(30-24)15-14-21(29)26-23(17-4-2-3-5-17)18-10-12-20(25)13-11-18/h6-13,17,23H,2-5,14-15H2,1H3,(H,26,29). The van der Waals surface area contributed by atoms with Gasteiger partial charge in [0.15, 0.2) is 0 Å². The van der Waals surface area contributed by atoms with E-state index in [4.69, 9.17) is 4.42 Å². The summed E-state index contributed by atoms with van der Waals surface area (Å²) in [5, 5.41) is 11.3. The third-order valence-electron chi connectivity index (χ3n) is 5.75. The van der Waals surface area contributed by atoms with E-state index in [-0.39, 0.29) is 24.2 Å². The van der Waals surface area contributed by atoms with Crippen LogP contribution in [0.2, 0.25) is 0 Å².